The van der Waals surface area contributed by atoms with E-state index in [4.69, 9.17) is 4.74 Å². The fourth-order valence-corrected chi connectivity index (χ4v) is 0.847. The minimum Gasteiger partial charge on any atom is -0.484 e. The van der Waals surface area contributed by atoms with Crippen molar-refractivity contribution in [2.75, 3.05) is 7.11 Å². The largest absolute Gasteiger partial charge is 0.484 e. The zero-order valence-corrected chi connectivity index (χ0v) is 7.66. The molecule has 1 aromatic rings. The van der Waals surface area contributed by atoms with Crippen LogP contribution >= 0.6 is 0 Å². The molecule has 2 nitrogen and oxygen atoms in total. The van der Waals surface area contributed by atoms with E-state index < -0.39 is 0 Å². The first kappa shape index (κ1) is 8.78. The molecule has 0 saturated carbocycles. The normalized spacial score (nSPS) is 11.4. The van der Waals surface area contributed by atoms with Gasteiger partial charge in [0.2, 0.25) is 0 Å². The van der Waals surface area contributed by atoms with Gasteiger partial charge in [-0.05, 0) is 19.1 Å². The van der Waals surface area contributed by atoms with Crippen LogP contribution in [-0.4, -0.2) is 13.0 Å². The Bertz CT molecular complexity index is 274. The Hall–Kier alpha value is -1.31. The predicted octanol–water partition coefficient (Wildman–Crippen LogP) is 2.69. The molecule has 0 unspecified atom stereocenters. The Morgan fingerprint density at radius 1 is 1.25 bits per heavy atom. The van der Waals surface area contributed by atoms with Crippen LogP contribution in [0, 0.1) is 6.92 Å². The molecule has 0 aliphatic heterocycles. The number of hydrogen-bond acceptors (Lipinski definition) is 2. The second-order valence-corrected chi connectivity index (χ2v) is 2.67. The smallest absolute Gasteiger partial charge is 0.184 e. The maximum absolute atomic E-state index is 4.93. The molecule has 0 aliphatic rings. The Kier molecular flexibility index (Phi) is 2.86. The molecule has 0 aliphatic carbocycles. The van der Waals surface area contributed by atoms with Gasteiger partial charge in [0.15, 0.2) is 5.90 Å². The molecular formula is C10H13NO. The summed E-state index contributed by atoms with van der Waals surface area (Å²) in [4.78, 5) is 4.21. The van der Waals surface area contributed by atoms with Gasteiger partial charge in [0.05, 0.1) is 12.8 Å². The third-order valence-electron chi connectivity index (χ3n) is 1.62. The summed E-state index contributed by atoms with van der Waals surface area (Å²) in [6.45, 7) is 3.89. The molecule has 0 heterocycles. The summed E-state index contributed by atoms with van der Waals surface area (Å²) >= 11 is 0. The molecule has 0 atom stereocenters. The summed E-state index contributed by atoms with van der Waals surface area (Å²) in [6.07, 6.45) is 0. The summed E-state index contributed by atoms with van der Waals surface area (Å²) in [7, 11) is 1.62. The lowest BCUT2D eigenvalue weighted by Crippen LogP contribution is -1.91. The van der Waals surface area contributed by atoms with Crippen LogP contribution in [0.4, 0.5) is 5.69 Å². The van der Waals surface area contributed by atoms with Crippen molar-refractivity contribution in [1.29, 1.82) is 0 Å². The van der Waals surface area contributed by atoms with E-state index in [9.17, 15) is 0 Å². The molecule has 0 radical (unpaired) electrons. The zero-order chi connectivity index (χ0) is 8.97. The summed E-state index contributed by atoms with van der Waals surface area (Å²) in [5.41, 5.74) is 2.17. The minimum atomic E-state index is 0.679. The van der Waals surface area contributed by atoms with Crippen molar-refractivity contribution < 1.29 is 4.74 Å². The van der Waals surface area contributed by atoms with Gasteiger partial charge < -0.3 is 4.74 Å². The molecule has 0 amide bonds. The van der Waals surface area contributed by atoms with Crippen LogP contribution in [0.5, 0.6) is 0 Å². The van der Waals surface area contributed by atoms with E-state index in [0.29, 0.717) is 5.90 Å². The van der Waals surface area contributed by atoms with Crippen molar-refractivity contribution in [2.24, 2.45) is 4.99 Å². The van der Waals surface area contributed by atoms with Crippen molar-refractivity contribution >= 4 is 11.6 Å². The fraction of sp³-hybridized carbons (Fsp3) is 0.300. The average molecular weight is 163 g/mol. The van der Waals surface area contributed by atoms with Crippen molar-refractivity contribution in [3.05, 3.63) is 29.8 Å². The highest BCUT2D eigenvalue weighted by atomic mass is 16.5. The lowest BCUT2D eigenvalue weighted by Gasteiger charge is -1.98. The summed E-state index contributed by atoms with van der Waals surface area (Å²) < 4.78 is 4.93. The van der Waals surface area contributed by atoms with Crippen LogP contribution in [0.15, 0.2) is 29.3 Å². The first-order chi connectivity index (χ1) is 5.72. The Labute approximate surface area is 72.9 Å². The van der Waals surface area contributed by atoms with E-state index in [0.717, 1.165) is 5.69 Å². The fourth-order valence-electron chi connectivity index (χ4n) is 0.847. The quantitative estimate of drug-likeness (QED) is 0.460. The molecule has 1 aromatic carbocycles. The first-order valence-electron chi connectivity index (χ1n) is 3.88. The summed E-state index contributed by atoms with van der Waals surface area (Å²) in [6, 6.07) is 8.00. The van der Waals surface area contributed by atoms with E-state index in [1.54, 1.807) is 7.11 Å². The molecule has 64 valence electrons. The monoisotopic (exact) mass is 163 g/mol. The van der Waals surface area contributed by atoms with E-state index in [-0.39, 0.29) is 0 Å². The van der Waals surface area contributed by atoms with Gasteiger partial charge in [0.1, 0.15) is 0 Å². The zero-order valence-electron chi connectivity index (χ0n) is 7.66. The molecule has 0 spiro atoms. The Morgan fingerprint density at radius 2 is 1.83 bits per heavy atom. The van der Waals surface area contributed by atoms with Crippen molar-refractivity contribution in [3.63, 3.8) is 0 Å². The third-order valence-corrected chi connectivity index (χ3v) is 1.62. The number of methoxy groups -OCH3 is 1. The summed E-state index contributed by atoms with van der Waals surface area (Å²) in [5.74, 6) is 0.679. The number of benzene rings is 1. The first-order valence-corrected chi connectivity index (χ1v) is 3.88. The number of aryl methyl sites for hydroxylation is 1. The molecule has 0 bridgehead atoms. The Morgan fingerprint density at radius 3 is 2.33 bits per heavy atom. The van der Waals surface area contributed by atoms with Gasteiger partial charge in [-0.2, -0.15) is 0 Å². The highest BCUT2D eigenvalue weighted by Gasteiger charge is 1.90. The van der Waals surface area contributed by atoms with Crippen molar-refractivity contribution in [2.45, 2.75) is 13.8 Å². The van der Waals surface area contributed by atoms with Crippen LogP contribution < -0.4 is 0 Å². The van der Waals surface area contributed by atoms with Gasteiger partial charge in [-0.1, -0.05) is 17.7 Å². The van der Waals surface area contributed by atoms with Crippen molar-refractivity contribution in [3.8, 4) is 0 Å². The maximum Gasteiger partial charge on any atom is 0.184 e. The number of nitrogens with zero attached hydrogens (tertiary/aromatic N) is 1. The lowest BCUT2D eigenvalue weighted by molar-refractivity contribution is 0.400. The standard InChI is InChI=1S/C10H13NO/c1-8-4-6-10(7-5-8)11-9(2)12-3/h4-7H,1-3H3/b11-9-. The second kappa shape index (κ2) is 3.90. The van der Waals surface area contributed by atoms with Gasteiger partial charge >= 0.3 is 0 Å². The number of aliphatic imine (C=N–C) groups is 1. The molecule has 12 heavy (non-hydrogen) atoms. The molecule has 1 rings (SSSR count). The highest BCUT2D eigenvalue weighted by molar-refractivity contribution is 5.76. The average Bonchev–Trinajstić information content (AvgIpc) is 2.09. The van der Waals surface area contributed by atoms with Crippen LogP contribution in [-0.2, 0) is 4.74 Å². The van der Waals surface area contributed by atoms with E-state index in [1.807, 2.05) is 31.2 Å². The van der Waals surface area contributed by atoms with E-state index in [1.165, 1.54) is 5.56 Å². The number of ether oxygens (including phenoxy) is 1. The van der Waals surface area contributed by atoms with Gasteiger partial charge in [-0.3, -0.25) is 0 Å². The number of rotatable bonds is 1. The van der Waals surface area contributed by atoms with E-state index in [2.05, 4.69) is 11.9 Å². The van der Waals surface area contributed by atoms with Crippen LogP contribution in [0.3, 0.4) is 0 Å². The van der Waals surface area contributed by atoms with Crippen molar-refractivity contribution in [1.82, 2.24) is 0 Å². The van der Waals surface area contributed by atoms with E-state index >= 15 is 0 Å². The van der Waals surface area contributed by atoms with Gasteiger partial charge in [0, 0.05) is 6.92 Å². The maximum atomic E-state index is 4.93. The van der Waals surface area contributed by atoms with Gasteiger partial charge in [-0.25, -0.2) is 4.99 Å². The molecular weight excluding hydrogens is 150 g/mol. The predicted molar refractivity (Wildman–Crippen MR) is 51.0 cm³/mol. The van der Waals surface area contributed by atoms with Gasteiger partial charge in [-0.15, -0.1) is 0 Å². The topological polar surface area (TPSA) is 21.6 Å². The van der Waals surface area contributed by atoms with Crippen LogP contribution in [0.2, 0.25) is 0 Å². The minimum absolute atomic E-state index is 0.679. The SMILES string of the molecule is CO/C(C)=N\c1ccc(C)cc1. The second-order valence-electron chi connectivity index (χ2n) is 2.67. The molecule has 2 heteroatoms. The highest BCUT2D eigenvalue weighted by Crippen LogP contribution is 2.12. The summed E-state index contributed by atoms with van der Waals surface area (Å²) in [5, 5.41) is 0. The molecule has 0 saturated heterocycles. The lowest BCUT2D eigenvalue weighted by atomic mass is 10.2. The number of hydrogen-bond donors (Lipinski definition) is 0. The van der Waals surface area contributed by atoms with Gasteiger partial charge in [0.25, 0.3) is 0 Å². The van der Waals surface area contributed by atoms with Crippen LogP contribution in [0.1, 0.15) is 12.5 Å². The van der Waals surface area contributed by atoms with Crippen LogP contribution in [0.25, 0.3) is 0 Å². The third kappa shape index (κ3) is 2.38. The molecule has 0 fully saturated rings. The Balaban J connectivity index is 2.84. The molecule has 0 aromatic heterocycles. The molecule has 0 N–H and O–H groups in total.